The molecule has 0 atom stereocenters. The summed E-state index contributed by atoms with van der Waals surface area (Å²) >= 11 is 5.46. The number of hydrogen-bond donors (Lipinski definition) is 1. The summed E-state index contributed by atoms with van der Waals surface area (Å²) in [6.07, 6.45) is 5.88. The topological polar surface area (TPSA) is 37.3 Å². The van der Waals surface area contributed by atoms with Crippen molar-refractivity contribution >= 4 is 16.8 Å². The van der Waals surface area contributed by atoms with Gasteiger partial charge in [-0.05, 0) is 73.2 Å². The monoisotopic (exact) mass is 264 g/mol. The van der Waals surface area contributed by atoms with Crippen molar-refractivity contribution in [3.05, 3.63) is 35.4 Å². The van der Waals surface area contributed by atoms with E-state index in [-0.39, 0.29) is 5.41 Å². The maximum absolute atomic E-state index is 11.1. The number of halogens is 1. The number of carbonyl (C=O) groups is 1. The fourth-order valence-corrected chi connectivity index (χ4v) is 3.68. The maximum Gasteiger partial charge on any atom is 0.252 e. The SMILES string of the molecule is O=C(Cl)c1ccc(C23CCC(O)(CC2)CC3)cc1. The molecule has 3 heteroatoms. The second-order valence-electron chi connectivity index (χ2n) is 5.86. The van der Waals surface area contributed by atoms with E-state index < -0.39 is 10.8 Å². The Balaban J connectivity index is 1.88. The number of benzene rings is 1. The lowest BCUT2D eigenvalue weighted by molar-refractivity contribution is -0.0660. The van der Waals surface area contributed by atoms with Crippen LogP contribution < -0.4 is 0 Å². The smallest absolute Gasteiger partial charge is 0.252 e. The largest absolute Gasteiger partial charge is 0.390 e. The van der Waals surface area contributed by atoms with Gasteiger partial charge in [0.2, 0.25) is 0 Å². The molecular formula is C15H17ClO2. The second-order valence-corrected chi connectivity index (χ2v) is 6.20. The van der Waals surface area contributed by atoms with Crippen LogP contribution in [0.4, 0.5) is 0 Å². The maximum atomic E-state index is 11.1. The van der Waals surface area contributed by atoms with Crippen molar-refractivity contribution in [3.8, 4) is 0 Å². The first-order chi connectivity index (χ1) is 8.53. The Morgan fingerprint density at radius 2 is 1.50 bits per heavy atom. The molecule has 0 unspecified atom stereocenters. The van der Waals surface area contributed by atoms with E-state index in [1.807, 2.05) is 24.3 Å². The van der Waals surface area contributed by atoms with Gasteiger partial charge in [0.1, 0.15) is 0 Å². The van der Waals surface area contributed by atoms with E-state index in [2.05, 4.69) is 0 Å². The van der Waals surface area contributed by atoms with Crippen molar-refractivity contribution in [1.82, 2.24) is 0 Å². The van der Waals surface area contributed by atoms with Gasteiger partial charge in [0.25, 0.3) is 5.24 Å². The van der Waals surface area contributed by atoms with Crippen LogP contribution in [0.15, 0.2) is 24.3 Å². The lowest BCUT2D eigenvalue weighted by atomic mass is 9.56. The van der Waals surface area contributed by atoms with E-state index in [0.29, 0.717) is 5.56 Å². The van der Waals surface area contributed by atoms with Crippen molar-refractivity contribution in [3.63, 3.8) is 0 Å². The Labute approximate surface area is 112 Å². The highest BCUT2D eigenvalue weighted by atomic mass is 35.5. The molecule has 2 bridgehead atoms. The summed E-state index contributed by atoms with van der Waals surface area (Å²) in [4.78, 5) is 11.1. The Kier molecular flexibility index (Phi) is 2.76. The molecular weight excluding hydrogens is 248 g/mol. The molecule has 3 aliphatic rings. The van der Waals surface area contributed by atoms with E-state index in [4.69, 9.17) is 11.6 Å². The Morgan fingerprint density at radius 1 is 1.00 bits per heavy atom. The number of aliphatic hydroxyl groups is 1. The quantitative estimate of drug-likeness (QED) is 0.832. The number of carbonyl (C=O) groups excluding carboxylic acids is 1. The Hall–Kier alpha value is -0.860. The van der Waals surface area contributed by atoms with Crippen LogP contribution in [0.1, 0.15) is 54.4 Å². The molecule has 3 aliphatic carbocycles. The molecule has 0 aromatic heterocycles. The average molecular weight is 265 g/mol. The first kappa shape index (κ1) is 12.2. The van der Waals surface area contributed by atoms with Gasteiger partial charge in [-0.1, -0.05) is 12.1 Å². The first-order valence-corrected chi connectivity index (χ1v) is 6.94. The summed E-state index contributed by atoms with van der Waals surface area (Å²) in [6, 6.07) is 7.69. The normalized spacial score (nSPS) is 34.6. The molecule has 3 fully saturated rings. The lowest BCUT2D eigenvalue weighted by Gasteiger charge is -2.51. The van der Waals surface area contributed by atoms with Gasteiger partial charge in [0, 0.05) is 5.56 Å². The molecule has 96 valence electrons. The highest BCUT2D eigenvalue weighted by Gasteiger charge is 2.48. The minimum absolute atomic E-state index is 0.221. The first-order valence-electron chi connectivity index (χ1n) is 6.56. The zero-order valence-corrected chi connectivity index (χ0v) is 11.0. The minimum Gasteiger partial charge on any atom is -0.390 e. The third-order valence-corrected chi connectivity index (χ3v) is 5.15. The van der Waals surface area contributed by atoms with E-state index in [1.165, 1.54) is 5.56 Å². The zero-order valence-electron chi connectivity index (χ0n) is 10.3. The fourth-order valence-electron chi connectivity index (χ4n) is 3.55. The molecule has 0 radical (unpaired) electrons. The summed E-state index contributed by atoms with van der Waals surface area (Å²) in [5.41, 5.74) is 1.68. The lowest BCUT2D eigenvalue weighted by Crippen LogP contribution is -2.48. The highest BCUT2D eigenvalue weighted by molar-refractivity contribution is 6.67. The van der Waals surface area contributed by atoms with Crippen LogP contribution in [-0.4, -0.2) is 16.0 Å². The predicted octanol–water partition coefficient (Wildman–Crippen LogP) is 3.40. The van der Waals surface area contributed by atoms with E-state index in [9.17, 15) is 9.90 Å². The molecule has 3 saturated carbocycles. The van der Waals surface area contributed by atoms with Gasteiger partial charge in [0.15, 0.2) is 0 Å². The second kappa shape index (κ2) is 4.07. The third-order valence-electron chi connectivity index (χ3n) is 4.93. The average Bonchev–Trinajstić information content (AvgIpc) is 2.40. The van der Waals surface area contributed by atoms with Gasteiger partial charge in [-0.25, -0.2) is 0 Å². The van der Waals surface area contributed by atoms with Gasteiger partial charge in [-0.15, -0.1) is 0 Å². The van der Waals surface area contributed by atoms with Crippen LogP contribution in [0, 0.1) is 0 Å². The summed E-state index contributed by atoms with van der Waals surface area (Å²) in [5, 5.41) is 9.83. The molecule has 0 spiro atoms. The molecule has 1 N–H and O–H groups in total. The van der Waals surface area contributed by atoms with E-state index in [0.717, 1.165) is 38.5 Å². The van der Waals surface area contributed by atoms with Gasteiger partial charge < -0.3 is 5.11 Å². The van der Waals surface area contributed by atoms with Crippen LogP contribution >= 0.6 is 11.6 Å². The third kappa shape index (κ3) is 1.88. The highest BCUT2D eigenvalue weighted by Crippen LogP contribution is 2.53. The van der Waals surface area contributed by atoms with Crippen LogP contribution in [0.5, 0.6) is 0 Å². The molecule has 0 heterocycles. The summed E-state index contributed by atoms with van der Waals surface area (Å²) in [5.74, 6) is 0. The number of hydrogen-bond acceptors (Lipinski definition) is 2. The van der Waals surface area contributed by atoms with Crippen molar-refractivity contribution in [2.45, 2.75) is 49.5 Å². The summed E-state index contributed by atoms with van der Waals surface area (Å²) < 4.78 is 0. The van der Waals surface area contributed by atoms with Crippen molar-refractivity contribution < 1.29 is 9.90 Å². The van der Waals surface area contributed by atoms with Gasteiger partial charge >= 0.3 is 0 Å². The van der Waals surface area contributed by atoms with E-state index in [1.54, 1.807) is 0 Å². The molecule has 4 rings (SSSR count). The fraction of sp³-hybridized carbons (Fsp3) is 0.533. The van der Waals surface area contributed by atoms with Gasteiger partial charge in [0.05, 0.1) is 5.60 Å². The van der Waals surface area contributed by atoms with Gasteiger partial charge in [-0.2, -0.15) is 0 Å². The number of fused-ring (bicyclic) bond motifs is 3. The summed E-state index contributed by atoms with van der Waals surface area (Å²) in [7, 11) is 0. The Morgan fingerprint density at radius 3 is 1.94 bits per heavy atom. The van der Waals surface area contributed by atoms with Crippen molar-refractivity contribution in [1.29, 1.82) is 0 Å². The van der Waals surface area contributed by atoms with Crippen LogP contribution in [0.25, 0.3) is 0 Å². The van der Waals surface area contributed by atoms with Crippen molar-refractivity contribution in [2.24, 2.45) is 0 Å². The minimum atomic E-state index is -0.402. The van der Waals surface area contributed by atoms with Crippen LogP contribution in [0.2, 0.25) is 0 Å². The standard InChI is InChI=1S/C15H17ClO2/c16-13(17)11-1-3-12(4-2-11)14-5-8-15(18,9-6-14)10-7-14/h1-4,18H,5-10H2. The molecule has 0 saturated heterocycles. The number of rotatable bonds is 2. The van der Waals surface area contributed by atoms with Crippen LogP contribution in [0.3, 0.4) is 0 Å². The molecule has 18 heavy (non-hydrogen) atoms. The van der Waals surface area contributed by atoms with E-state index >= 15 is 0 Å². The summed E-state index contributed by atoms with van der Waals surface area (Å²) in [6.45, 7) is 0. The molecule has 1 aromatic carbocycles. The van der Waals surface area contributed by atoms with Gasteiger partial charge in [-0.3, -0.25) is 4.79 Å². The molecule has 0 amide bonds. The molecule has 0 aliphatic heterocycles. The molecule has 2 nitrogen and oxygen atoms in total. The molecule has 1 aromatic rings. The Bertz CT molecular complexity index is 453. The predicted molar refractivity (Wildman–Crippen MR) is 71.0 cm³/mol. The van der Waals surface area contributed by atoms with Crippen molar-refractivity contribution in [2.75, 3.05) is 0 Å². The van der Waals surface area contributed by atoms with Crippen LogP contribution in [-0.2, 0) is 5.41 Å². The zero-order chi connectivity index (χ0) is 12.8.